The largest absolute Gasteiger partial charge is 0.354 e. The first kappa shape index (κ1) is 15.4. The van der Waals surface area contributed by atoms with E-state index in [-0.39, 0.29) is 6.03 Å². The van der Waals surface area contributed by atoms with Gasteiger partial charge in [-0.1, -0.05) is 6.42 Å². The van der Waals surface area contributed by atoms with Gasteiger partial charge in [0.05, 0.1) is 0 Å². The fourth-order valence-electron chi connectivity index (χ4n) is 3.66. The number of urea groups is 1. The Labute approximate surface area is 133 Å². The van der Waals surface area contributed by atoms with Gasteiger partial charge in [-0.25, -0.2) is 4.79 Å². The molecular formula is C17H28N4O. The number of hydrogen-bond acceptors (Lipinski definition) is 2. The van der Waals surface area contributed by atoms with E-state index in [4.69, 9.17) is 0 Å². The lowest BCUT2D eigenvalue weighted by Gasteiger charge is -2.49. The van der Waals surface area contributed by atoms with E-state index in [2.05, 4.69) is 27.8 Å². The zero-order valence-corrected chi connectivity index (χ0v) is 13.8. The maximum absolute atomic E-state index is 12.1. The predicted octanol–water partition coefficient (Wildman–Crippen LogP) is 1.84. The number of carbonyl (C=O) groups is 1. The summed E-state index contributed by atoms with van der Waals surface area (Å²) in [6, 6.07) is 5.49. The predicted molar refractivity (Wildman–Crippen MR) is 87.9 cm³/mol. The van der Waals surface area contributed by atoms with Crippen LogP contribution >= 0.6 is 0 Å². The molecule has 3 rings (SSSR count). The zero-order chi connectivity index (χ0) is 15.5. The van der Waals surface area contributed by atoms with Crippen molar-refractivity contribution < 1.29 is 4.79 Å². The number of amides is 2. The molecule has 1 atom stereocenters. The van der Waals surface area contributed by atoms with Crippen molar-refractivity contribution in [2.45, 2.75) is 44.7 Å². The lowest BCUT2D eigenvalue weighted by molar-refractivity contribution is 0.0170. The average Bonchev–Trinajstić information content (AvgIpc) is 2.85. The summed E-state index contributed by atoms with van der Waals surface area (Å²) < 4.78 is 2.10. The molecule has 0 aromatic carbocycles. The molecule has 5 heteroatoms. The summed E-state index contributed by atoms with van der Waals surface area (Å²) in [5.74, 6) is 0. The molecule has 3 heterocycles. The van der Waals surface area contributed by atoms with Crippen molar-refractivity contribution in [1.29, 1.82) is 0 Å². The van der Waals surface area contributed by atoms with Crippen molar-refractivity contribution in [3.63, 3.8) is 0 Å². The third kappa shape index (κ3) is 3.29. The molecule has 0 aliphatic carbocycles. The Balaban J connectivity index is 1.37. The van der Waals surface area contributed by atoms with E-state index < -0.39 is 0 Å². The Bertz CT molecular complexity index is 507. The Hall–Kier alpha value is -1.49. The van der Waals surface area contributed by atoms with Crippen molar-refractivity contribution in [1.82, 2.24) is 19.7 Å². The summed E-state index contributed by atoms with van der Waals surface area (Å²) in [6.45, 7) is 6.01. The van der Waals surface area contributed by atoms with Crippen LogP contribution in [0.25, 0.3) is 0 Å². The van der Waals surface area contributed by atoms with E-state index in [9.17, 15) is 4.79 Å². The minimum absolute atomic E-state index is 0.0927. The summed E-state index contributed by atoms with van der Waals surface area (Å²) in [5, 5.41) is 3.04. The second-order valence-electron chi connectivity index (χ2n) is 6.73. The molecule has 22 heavy (non-hydrogen) atoms. The van der Waals surface area contributed by atoms with Crippen LogP contribution in [0, 0.1) is 0 Å². The van der Waals surface area contributed by atoms with Crippen LogP contribution in [0.2, 0.25) is 0 Å². The molecule has 0 radical (unpaired) electrons. The molecule has 2 aliphatic heterocycles. The van der Waals surface area contributed by atoms with E-state index in [0.717, 1.165) is 19.5 Å². The van der Waals surface area contributed by atoms with Crippen LogP contribution in [-0.4, -0.2) is 58.7 Å². The van der Waals surface area contributed by atoms with Gasteiger partial charge in [0.1, 0.15) is 0 Å². The van der Waals surface area contributed by atoms with Gasteiger partial charge in [0, 0.05) is 57.1 Å². The van der Waals surface area contributed by atoms with E-state index in [0.29, 0.717) is 18.6 Å². The van der Waals surface area contributed by atoms with Crippen LogP contribution in [0.4, 0.5) is 4.79 Å². The van der Waals surface area contributed by atoms with Crippen LogP contribution in [0.5, 0.6) is 0 Å². The van der Waals surface area contributed by atoms with E-state index in [1.165, 1.54) is 31.5 Å². The standard InChI is InChI=1S/C17H28N4O/c1-14-6-3-4-11-21(14)16-12-20(13-16)17(22)18-9-8-15-7-5-10-19(15)2/h5,7,10,14,16H,3-4,6,8-9,11-13H2,1-2H3,(H,18,22)/t14-/m0/s1. The van der Waals surface area contributed by atoms with Gasteiger partial charge < -0.3 is 14.8 Å². The molecule has 1 aromatic heterocycles. The quantitative estimate of drug-likeness (QED) is 0.922. The first-order valence-corrected chi connectivity index (χ1v) is 8.54. The lowest BCUT2D eigenvalue weighted by atomic mass is 9.98. The van der Waals surface area contributed by atoms with Crippen LogP contribution in [0.1, 0.15) is 31.9 Å². The van der Waals surface area contributed by atoms with Gasteiger partial charge in [0.25, 0.3) is 0 Å². The second-order valence-corrected chi connectivity index (χ2v) is 6.73. The molecule has 2 saturated heterocycles. The summed E-state index contributed by atoms with van der Waals surface area (Å²) in [6.07, 6.45) is 6.89. The number of piperidine rings is 1. The summed E-state index contributed by atoms with van der Waals surface area (Å²) in [4.78, 5) is 16.7. The number of nitrogens with zero attached hydrogens (tertiary/aromatic N) is 3. The average molecular weight is 304 g/mol. The number of aromatic nitrogens is 1. The monoisotopic (exact) mass is 304 g/mol. The molecule has 122 valence electrons. The fraction of sp³-hybridized carbons (Fsp3) is 0.706. The van der Waals surface area contributed by atoms with Crippen molar-refractivity contribution in [2.24, 2.45) is 7.05 Å². The van der Waals surface area contributed by atoms with Crippen molar-refractivity contribution >= 4 is 6.03 Å². The van der Waals surface area contributed by atoms with Gasteiger partial charge in [-0.3, -0.25) is 4.90 Å². The lowest BCUT2D eigenvalue weighted by Crippen LogP contribution is -2.65. The van der Waals surface area contributed by atoms with Gasteiger partial charge in [-0.05, 0) is 38.4 Å². The third-order valence-corrected chi connectivity index (χ3v) is 5.18. The number of rotatable bonds is 4. The number of aryl methyl sites for hydroxylation is 1. The Morgan fingerprint density at radius 3 is 2.86 bits per heavy atom. The maximum Gasteiger partial charge on any atom is 0.317 e. The summed E-state index contributed by atoms with van der Waals surface area (Å²) in [7, 11) is 2.04. The minimum Gasteiger partial charge on any atom is -0.354 e. The minimum atomic E-state index is 0.0927. The Kier molecular flexibility index (Phi) is 4.71. The summed E-state index contributed by atoms with van der Waals surface area (Å²) >= 11 is 0. The highest BCUT2D eigenvalue weighted by atomic mass is 16.2. The molecular weight excluding hydrogens is 276 g/mol. The molecule has 0 bridgehead atoms. The molecule has 0 spiro atoms. The number of carbonyl (C=O) groups excluding carboxylic acids is 1. The smallest absolute Gasteiger partial charge is 0.317 e. The van der Waals surface area contributed by atoms with Crippen molar-refractivity contribution in [2.75, 3.05) is 26.2 Å². The molecule has 1 N–H and O–H groups in total. The van der Waals surface area contributed by atoms with Gasteiger partial charge >= 0.3 is 6.03 Å². The first-order chi connectivity index (χ1) is 10.6. The molecule has 2 aliphatic rings. The number of nitrogens with one attached hydrogen (secondary N) is 1. The highest BCUT2D eigenvalue weighted by Crippen LogP contribution is 2.24. The highest BCUT2D eigenvalue weighted by Gasteiger charge is 2.37. The van der Waals surface area contributed by atoms with Crippen LogP contribution < -0.4 is 5.32 Å². The zero-order valence-electron chi connectivity index (χ0n) is 13.8. The Morgan fingerprint density at radius 1 is 1.36 bits per heavy atom. The summed E-state index contributed by atoms with van der Waals surface area (Å²) in [5.41, 5.74) is 1.25. The van der Waals surface area contributed by atoms with Crippen molar-refractivity contribution in [3.8, 4) is 0 Å². The molecule has 1 aromatic rings. The third-order valence-electron chi connectivity index (χ3n) is 5.18. The highest BCUT2D eigenvalue weighted by molar-refractivity contribution is 5.75. The fourth-order valence-corrected chi connectivity index (χ4v) is 3.66. The number of hydrogen-bond donors (Lipinski definition) is 1. The van der Waals surface area contributed by atoms with Crippen LogP contribution in [-0.2, 0) is 13.5 Å². The molecule has 2 fully saturated rings. The SMILES string of the molecule is C[C@H]1CCCCN1C1CN(C(=O)NCCc2cccn2C)C1. The topological polar surface area (TPSA) is 40.5 Å². The van der Waals surface area contributed by atoms with Gasteiger partial charge in [0.2, 0.25) is 0 Å². The van der Waals surface area contributed by atoms with Crippen molar-refractivity contribution in [3.05, 3.63) is 24.0 Å². The maximum atomic E-state index is 12.1. The molecule has 5 nitrogen and oxygen atoms in total. The van der Waals surface area contributed by atoms with E-state index >= 15 is 0 Å². The second kappa shape index (κ2) is 6.73. The van der Waals surface area contributed by atoms with Gasteiger partial charge in [-0.15, -0.1) is 0 Å². The van der Waals surface area contributed by atoms with Crippen LogP contribution in [0.15, 0.2) is 18.3 Å². The van der Waals surface area contributed by atoms with Gasteiger partial charge in [-0.2, -0.15) is 0 Å². The Morgan fingerprint density at radius 2 is 2.18 bits per heavy atom. The van der Waals surface area contributed by atoms with E-state index in [1.54, 1.807) is 0 Å². The van der Waals surface area contributed by atoms with Gasteiger partial charge in [0.15, 0.2) is 0 Å². The molecule has 2 amide bonds. The normalized spacial score (nSPS) is 23.4. The first-order valence-electron chi connectivity index (χ1n) is 8.54. The van der Waals surface area contributed by atoms with Crippen LogP contribution in [0.3, 0.4) is 0 Å². The number of likely N-dealkylation sites (tertiary alicyclic amines) is 2. The van der Waals surface area contributed by atoms with E-state index in [1.807, 2.05) is 24.2 Å². The molecule has 0 unspecified atom stereocenters. The molecule has 0 saturated carbocycles.